The first-order chi connectivity index (χ1) is 9.87. The SMILES string of the molecule is C.c1cnc2c(c1)-c1ncccc1C13CCCC21CCC3. The third kappa shape index (κ3) is 1.29. The molecule has 0 bridgehead atoms. The molecule has 0 N–H and O–H groups in total. The van der Waals surface area contributed by atoms with E-state index in [0.29, 0.717) is 10.8 Å². The van der Waals surface area contributed by atoms with Crippen LogP contribution in [0.15, 0.2) is 36.7 Å². The number of nitrogens with zero attached hydrogens (tertiary/aromatic N) is 2. The maximum atomic E-state index is 4.85. The van der Waals surface area contributed by atoms with Gasteiger partial charge in [-0.25, -0.2) is 0 Å². The molecule has 0 radical (unpaired) electrons. The van der Waals surface area contributed by atoms with Crippen LogP contribution in [0.5, 0.6) is 0 Å². The summed E-state index contributed by atoms with van der Waals surface area (Å²) in [6.45, 7) is 0. The van der Waals surface area contributed by atoms with E-state index in [4.69, 9.17) is 9.97 Å². The molecule has 0 atom stereocenters. The second-order valence-electron chi connectivity index (χ2n) is 6.67. The largest absolute Gasteiger partial charge is 0.260 e. The van der Waals surface area contributed by atoms with E-state index in [2.05, 4.69) is 24.3 Å². The van der Waals surface area contributed by atoms with Crippen molar-refractivity contribution in [3.63, 3.8) is 0 Å². The van der Waals surface area contributed by atoms with Crippen LogP contribution >= 0.6 is 0 Å². The van der Waals surface area contributed by atoms with Crippen LogP contribution in [0.4, 0.5) is 0 Å². The Morgan fingerprint density at radius 1 is 0.810 bits per heavy atom. The zero-order chi connectivity index (χ0) is 13.2. The lowest BCUT2D eigenvalue weighted by Gasteiger charge is -2.46. The second-order valence-corrected chi connectivity index (χ2v) is 6.67. The van der Waals surface area contributed by atoms with Crippen molar-refractivity contribution >= 4 is 0 Å². The Labute approximate surface area is 126 Å². The van der Waals surface area contributed by atoms with Crippen molar-refractivity contribution in [2.45, 2.75) is 56.8 Å². The quantitative estimate of drug-likeness (QED) is 0.701. The molecular weight excluding hydrogens is 256 g/mol. The van der Waals surface area contributed by atoms with E-state index in [1.165, 1.54) is 61.0 Å². The van der Waals surface area contributed by atoms with Gasteiger partial charge < -0.3 is 0 Å². The summed E-state index contributed by atoms with van der Waals surface area (Å²) >= 11 is 0. The molecule has 2 heterocycles. The van der Waals surface area contributed by atoms with Gasteiger partial charge in [-0.1, -0.05) is 26.3 Å². The van der Waals surface area contributed by atoms with Crippen molar-refractivity contribution < 1.29 is 0 Å². The van der Waals surface area contributed by atoms with Gasteiger partial charge in [-0.3, -0.25) is 9.97 Å². The molecule has 2 nitrogen and oxygen atoms in total. The molecule has 2 heteroatoms. The fourth-order valence-electron chi connectivity index (χ4n) is 5.57. The molecule has 0 aromatic carbocycles. The van der Waals surface area contributed by atoms with Gasteiger partial charge in [0.15, 0.2) is 0 Å². The minimum absolute atomic E-state index is 0. The van der Waals surface area contributed by atoms with Crippen molar-refractivity contribution in [3.05, 3.63) is 47.9 Å². The Bertz CT molecular complexity index is 635. The number of fused-ring (bicyclic) bond motifs is 3. The molecule has 108 valence electrons. The molecule has 2 fully saturated rings. The normalized spacial score (nSPS) is 31.6. The smallest absolute Gasteiger partial charge is 0.0758 e. The fourth-order valence-corrected chi connectivity index (χ4v) is 5.57. The van der Waals surface area contributed by atoms with Gasteiger partial charge in [0.1, 0.15) is 0 Å². The molecule has 0 aliphatic heterocycles. The van der Waals surface area contributed by atoms with E-state index in [1.807, 2.05) is 12.4 Å². The summed E-state index contributed by atoms with van der Waals surface area (Å²) in [6, 6.07) is 8.74. The number of hydrogen-bond acceptors (Lipinski definition) is 2. The summed E-state index contributed by atoms with van der Waals surface area (Å²) in [5.74, 6) is 0. The van der Waals surface area contributed by atoms with Crippen molar-refractivity contribution in [2.24, 2.45) is 0 Å². The van der Waals surface area contributed by atoms with Crippen molar-refractivity contribution in [3.8, 4) is 11.3 Å². The highest BCUT2D eigenvalue weighted by Gasteiger charge is 2.63. The zero-order valence-electron chi connectivity index (χ0n) is 11.6. The lowest BCUT2D eigenvalue weighted by molar-refractivity contribution is 0.290. The van der Waals surface area contributed by atoms with Crippen molar-refractivity contribution in [1.82, 2.24) is 9.97 Å². The van der Waals surface area contributed by atoms with Crippen molar-refractivity contribution in [1.29, 1.82) is 0 Å². The highest BCUT2D eigenvalue weighted by atomic mass is 14.8. The first-order valence-electron chi connectivity index (χ1n) is 7.79. The summed E-state index contributed by atoms with van der Waals surface area (Å²) in [5, 5.41) is 0. The van der Waals surface area contributed by atoms with Crippen LogP contribution in [0.25, 0.3) is 11.3 Å². The lowest BCUT2D eigenvalue weighted by atomic mass is 9.58. The molecule has 5 rings (SSSR count). The van der Waals surface area contributed by atoms with Gasteiger partial charge in [0.2, 0.25) is 0 Å². The number of aromatic nitrogens is 2. The minimum atomic E-state index is 0. The zero-order valence-corrected chi connectivity index (χ0v) is 11.6. The van der Waals surface area contributed by atoms with Crippen LogP contribution in [-0.4, -0.2) is 9.97 Å². The van der Waals surface area contributed by atoms with Gasteiger partial charge in [0.05, 0.1) is 11.4 Å². The monoisotopic (exact) mass is 278 g/mol. The predicted octanol–water partition coefficient (Wildman–Crippen LogP) is 4.64. The van der Waals surface area contributed by atoms with E-state index >= 15 is 0 Å². The molecule has 0 unspecified atom stereocenters. The predicted molar refractivity (Wildman–Crippen MR) is 85.3 cm³/mol. The number of hydrogen-bond donors (Lipinski definition) is 0. The third-order valence-electron chi connectivity index (χ3n) is 6.17. The molecule has 0 saturated heterocycles. The fraction of sp³-hybridized carbons (Fsp3) is 0.474. The molecule has 3 aliphatic rings. The molecule has 21 heavy (non-hydrogen) atoms. The Balaban J connectivity index is 0.00000115. The van der Waals surface area contributed by atoms with Gasteiger partial charge in [0.25, 0.3) is 0 Å². The van der Waals surface area contributed by atoms with Crippen LogP contribution in [0, 0.1) is 0 Å². The minimum Gasteiger partial charge on any atom is -0.260 e. The van der Waals surface area contributed by atoms with E-state index in [1.54, 1.807) is 0 Å². The number of rotatable bonds is 0. The Kier molecular flexibility index (Phi) is 2.57. The molecule has 0 amide bonds. The van der Waals surface area contributed by atoms with Gasteiger partial charge in [-0.2, -0.15) is 0 Å². The third-order valence-corrected chi connectivity index (χ3v) is 6.17. The summed E-state index contributed by atoms with van der Waals surface area (Å²) in [4.78, 5) is 9.58. The highest BCUT2D eigenvalue weighted by Crippen LogP contribution is 2.68. The van der Waals surface area contributed by atoms with Crippen LogP contribution in [0.1, 0.15) is 57.2 Å². The second kappa shape index (κ2) is 4.16. The maximum absolute atomic E-state index is 4.85. The molecule has 2 aromatic heterocycles. The summed E-state index contributed by atoms with van der Waals surface area (Å²) in [5.41, 5.74) is 5.99. The molecule has 2 saturated carbocycles. The average Bonchev–Trinajstić information content (AvgIpc) is 3.05. The van der Waals surface area contributed by atoms with Crippen LogP contribution < -0.4 is 0 Å². The summed E-state index contributed by atoms with van der Waals surface area (Å²) in [7, 11) is 0. The first kappa shape index (κ1) is 13.0. The molecule has 2 aromatic rings. The Hall–Kier alpha value is -1.70. The maximum Gasteiger partial charge on any atom is 0.0758 e. The van der Waals surface area contributed by atoms with Gasteiger partial charge in [-0.05, 0) is 49.4 Å². The van der Waals surface area contributed by atoms with Crippen LogP contribution in [-0.2, 0) is 10.8 Å². The van der Waals surface area contributed by atoms with Crippen molar-refractivity contribution in [2.75, 3.05) is 0 Å². The Morgan fingerprint density at radius 3 is 2.29 bits per heavy atom. The summed E-state index contributed by atoms with van der Waals surface area (Å²) in [6.07, 6.45) is 11.8. The summed E-state index contributed by atoms with van der Waals surface area (Å²) < 4.78 is 0. The number of pyridine rings is 2. The standard InChI is InChI=1S/C18H18N2.CH4/c1-5-13-15-14(6-2-11-19-15)17-7-3-9-18(17,10-4-8-17)16(13)20-12-1;/h1-2,5-6,11-12H,3-4,7-10H2;1H4. The van der Waals surface area contributed by atoms with E-state index in [0.717, 1.165) is 0 Å². The van der Waals surface area contributed by atoms with E-state index < -0.39 is 0 Å². The van der Waals surface area contributed by atoms with E-state index in [-0.39, 0.29) is 7.43 Å². The Morgan fingerprint density at radius 2 is 1.48 bits per heavy atom. The van der Waals surface area contributed by atoms with Gasteiger partial charge in [-0.15, -0.1) is 0 Å². The highest BCUT2D eigenvalue weighted by molar-refractivity contribution is 5.74. The van der Waals surface area contributed by atoms with Gasteiger partial charge in [0, 0.05) is 28.8 Å². The first-order valence-corrected chi connectivity index (χ1v) is 7.79. The molecule has 3 aliphatic carbocycles. The molecule has 0 spiro atoms. The average molecular weight is 278 g/mol. The molecular formula is C19H22N2. The van der Waals surface area contributed by atoms with Crippen LogP contribution in [0.2, 0.25) is 0 Å². The van der Waals surface area contributed by atoms with Gasteiger partial charge >= 0.3 is 0 Å². The van der Waals surface area contributed by atoms with E-state index in [9.17, 15) is 0 Å². The topological polar surface area (TPSA) is 25.8 Å². The lowest BCUT2D eigenvalue weighted by Crippen LogP contribution is -2.44. The van der Waals surface area contributed by atoms with Crippen LogP contribution in [0.3, 0.4) is 0 Å².